The van der Waals surface area contributed by atoms with Gasteiger partial charge < -0.3 is 10.4 Å². The highest BCUT2D eigenvalue weighted by molar-refractivity contribution is 5.74. The Kier molecular flexibility index (Phi) is 3.95. The predicted octanol–water partition coefficient (Wildman–Crippen LogP) is 1.79. The zero-order valence-corrected chi connectivity index (χ0v) is 13.0. The molecule has 0 unspecified atom stereocenters. The molecule has 0 aliphatic heterocycles. The number of nitrogens with zero attached hydrogens (tertiary/aromatic N) is 4. The molecule has 0 saturated heterocycles. The van der Waals surface area contributed by atoms with E-state index in [0.29, 0.717) is 11.5 Å². The lowest BCUT2D eigenvalue weighted by atomic mass is 10.0. The lowest BCUT2D eigenvalue weighted by Gasteiger charge is -2.09. The number of hydrogen-bond donors (Lipinski definition) is 2. The van der Waals surface area contributed by atoms with Gasteiger partial charge in [0.25, 0.3) is 5.56 Å². The van der Waals surface area contributed by atoms with Crippen LogP contribution in [0.25, 0.3) is 22.4 Å². The number of anilines is 1. The summed E-state index contributed by atoms with van der Waals surface area (Å²) in [5, 5.41) is 24.7. The molecule has 2 heterocycles. The summed E-state index contributed by atoms with van der Waals surface area (Å²) in [6.07, 6.45) is 1.36. The van der Waals surface area contributed by atoms with Crippen molar-refractivity contribution >= 4 is 5.82 Å². The van der Waals surface area contributed by atoms with E-state index in [2.05, 4.69) is 20.6 Å². The summed E-state index contributed by atoms with van der Waals surface area (Å²) in [4.78, 5) is 11.6. The lowest BCUT2D eigenvalue weighted by molar-refractivity contribution is 0.475. The highest BCUT2D eigenvalue weighted by Gasteiger charge is 2.14. The van der Waals surface area contributed by atoms with Crippen LogP contribution < -0.4 is 10.9 Å². The molecule has 8 heteroatoms. The molecule has 2 aromatic heterocycles. The highest BCUT2D eigenvalue weighted by Crippen LogP contribution is 2.34. The maximum Gasteiger partial charge on any atom is 0.267 e. The Morgan fingerprint density at radius 1 is 1.17 bits per heavy atom. The number of halogens is 1. The Morgan fingerprint density at radius 3 is 2.58 bits per heavy atom. The second-order valence-electron chi connectivity index (χ2n) is 5.11. The first kappa shape index (κ1) is 15.6. The van der Waals surface area contributed by atoms with Crippen LogP contribution in [0.1, 0.15) is 0 Å². The largest absolute Gasteiger partial charge is 0.507 e. The zero-order chi connectivity index (χ0) is 17.3. The lowest BCUT2D eigenvalue weighted by Crippen LogP contribution is -2.18. The Bertz CT molecular complexity index is 954. The summed E-state index contributed by atoms with van der Waals surface area (Å²) in [6, 6.07) is 6.94. The Morgan fingerprint density at radius 2 is 1.96 bits per heavy atom. The van der Waals surface area contributed by atoms with Crippen molar-refractivity contribution in [3.63, 3.8) is 0 Å². The SMILES string of the molecule is CNc1ccc(-c2cc(F)c(-c3cnn(C)c(=O)c3)cc2O)nn1. The number of phenols is 1. The van der Waals surface area contributed by atoms with Crippen LogP contribution in [0.3, 0.4) is 0 Å². The van der Waals surface area contributed by atoms with Gasteiger partial charge in [0.1, 0.15) is 17.4 Å². The van der Waals surface area contributed by atoms with Crippen molar-refractivity contribution in [3.05, 3.63) is 52.7 Å². The minimum absolute atomic E-state index is 0.0845. The van der Waals surface area contributed by atoms with Crippen molar-refractivity contribution in [1.29, 1.82) is 0 Å². The quantitative estimate of drug-likeness (QED) is 0.762. The van der Waals surface area contributed by atoms with E-state index < -0.39 is 5.82 Å². The number of rotatable bonds is 3. The van der Waals surface area contributed by atoms with Crippen molar-refractivity contribution in [1.82, 2.24) is 20.0 Å². The monoisotopic (exact) mass is 327 g/mol. The van der Waals surface area contributed by atoms with Crippen molar-refractivity contribution in [2.45, 2.75) is 0 Å². The average Bonchev–Trinajstić information content (AvgIpc) is 2.59. The van der Waals surface area contributed by atoms with Crippen molar-refractivity contribution in [3.8, 4) is 28.1 Å². The molecule has 0 spiro atoms. The van der Waals surface area contributed by atoms with E-state index in [1.165, 1.54) is 25.4 Å². The summed E-state index contributed by atoms with van der Waals surface area (Å²) in [5.41, 5.74) is 0.543. The Hall–Kier alpha value is -3.29. The third-order valence-corrected chi connectivity index (χ3v) is 3.56. The molecule has 0 aliphatic carbocycles. The summed E-state index contributed by atoms with van der Waals surface area (Å²) in [6.45, 7) is 0. The van der Waals surface area contributed by atoms with Crippen LogP contribution >= 0.6 is 0 Å². The Labute approximate surface area is 136 Å². The van der Waals surface area contributed by atoms with Crippen LogP contribution in [0.15, 0.2) is 41.3 Å². The Balaban J connectivity index is 2.07. The van der Waals surface area contributed by atoms with Gasteiger partial charge in [-0.05, 0) is 24.3 Å². The molecule has 0 bridgehead atoms. The van der Waals surface area contributed by atoms with E-state index in [-0.39, 0.29) is 28.0 Å². The molecular formula is C16H14FN5O2. The van der Waals surface area contributed by atoms with E-state index >= 15 is 0 Å². The van der Waals surface area contributed by atoms with Gasteiger partial charge in [-0.1, -0.05) is 0 Å². The number of hydrogen-bond acceptors (Lipinski definition) is 6. The maximum absolute atomic E-state index is 14.5. The maximum atomic E-state index is 14.5. The summed E-state index contributed by atoms with van der Waals surface area (Å²) in [7, 11) is 3.20. The van der Waals surface area contributed by atoms with E-state index in [4.69, 9.17) is 0 Å². The van der Waals surface area contributed by atoms with E-state index in [1.807, 2.05) is 0 Å². The van der Waals surface area contributed by atoms with Gasteiger partial charge >= 0.3 is 0 Å². The van der Waals surface area contributed by atoms with Crippen molar-refractivity contribution in [2.75, 3.05) is 12.4 Å². The van der Waals surface area contributed by atoms with Crippen molar-refractivity contribution < 1.29 is 9.50 Å². The number of aryl methyl sites for hydroxylation is 1. The van der Waals surface area contributed by atoms with Gasteiger partial charge in [0.15, 0.2) is 0 Å². The van der Waals surface area contributed by atoms with Gasteiger partial charge in [0.05, 0.1) is 11.9 Å². The fraction of sp³-hybridized carbons (Fsp3) is 0.125. The predicted molar refractivity (Wildman–Crippen MR) is 87.1 cm³/mol. The van der Waals surface area contributed by atoms with Crippen LogP contribution in [0.2, 0.25) is 0 Å². The van der Waals surface area contributed by atoms with Crippen molar-refractivity contribution in [2.24, 2.45) is 7.05 Å². The van der Waals surface area contributed by atoms with Gasteiger partial charge in [-0.25, -0.2) is 9.07 Å². The molecule has 3 aromatic rings. The van der Waals surface area contributed by atoms with Crippen LogP contribution in [-0.2, 0) is 7.05 Å². The molecule has 0 aliphatic rings. The minimum atomic E-state index is -0.600. The number of nitrogens with one attached hydrogen (secondary N) is 1. The second-order valence-corrected chi connectivity index (χ2v) is 5.11. The van der Waals surface area contributed by atoms with Gasteiger partial charge in [0, 0.05) is 36.9 Å². The molecule has 2 N–H and O–H groups in total. The van der Waals surface area contributed by atoms with E-state index in [0.717, 1.165) is 10.7 Å². The third kappa shape index (κ3) is 2.81. The van der Waals surface area contributed by atoms with E-state index in [9.17, 15) is 14.3 Å². The molecule has 122 valence electrons. The third-order valence-electron chi connectivity index (χ3n) is 3.56. The summed E-state index contributed by atoms with van der Waals surface area (Å²) < 4.78 is 15.6. The number of aromatic hydroxyl groups is 1. The molecule has 0 radical (unpaired) electrons. The number of aromatic nitrogens is 4. The zero-order valence-electron chi connectivity index (χ0n) is 13.0. The molecular weight excluding hydrogens is 313 g/mol. The fourth-order valence-electron chi connectivity index (χ4n) is 2.21. The first-order valence-electron chi connectivity index (χ1n) is 7.07. The highest BCUT2D eigenvalue weighted by atomic mass is 19.1. The van der Waals surface area contributed by atoms with Crippen LogP contribution in [-0.4, -0.2) is 32.1 Å². The first-order valence-corrected chi connectivity index (χ1v) is 7.07. The molecule has 0 saturated carbocycles. The molecule has 1 aromatic carbocycles. The molecule has 3 rings (SSSR count). The van der Waals surface area contributed by atoms with E-state index in [1.54, 1.807) is 19.2 Å². The normalized spacial score (nSPS) is 10.6. The molecule has 0 fully saturated rings. The second kappa shape index (κ2) is 6.07. The van der Waals surface area contributed by atoms with Gasteiger partial charge in [-0.2, -0.15) is 5.10 Å². The first-order chi connectivity index (χ1) is 11.5. The van der Waals surface area contributed by atoms with Crippen LogP contribution in [0.4, 0.5) is 10.2 Å². The fourth-order valence-corrected chi connectivity index (χ4v) is 2.21. The summed E-state index contributed by atoms with van der Waals surface area (Å²) in [5.74, 6) is -0.211. The van der Waals surface area contributed by atoms with Gasteiger partial charge in [-0.3, -0.25) is 4.79 Å². The van der Waals surface area contributed by atoms with Gasteiger partial charge in [-0.15, -0.1) is 10.2 Å². The molecule has 24 heavy (non-hydrogen) atoms. The molecule has 7 nitrogen and oxygen atoms in total. The smallest absolute Gasteiger partial charge is 0.267 e. The molecule has 0 atom stereocenters. The summed E-state index contributed by atoms with van der Waals surface area (Å²) >= 11 is 0. The average molecular weight is 327 g/mol. The van der Waals surface area contributed by atoms with Crippen LogP contribution in [0.5, 0.6) is 5.75 Å². The standard InChI is InChI=1S/C16H14FN5O2/c1-18-15-4-3-13(20-21-15)11-6-12(17)10(7-14(11)23)9-5-16(24)22(2)19-8-9/h3-8,23H,1-2H3,(H,18,21). The van der Waals surface area contributed by atoms with Gasteiger partial charge in [0.2, 0.25) is 0 Å². The molecule has 0 amide bonds. The van der Waals surface area contributed by atoms with Crippen LogP contribution in [0, 0.1) is 5.82 Å². The number of benzene rings is 1. The minimum Gasteiger partial charge on any atom is -0.507 e. The topological polar surface area (TPSA) is 92.9 Å². The number of phenolic OH excluding ortho intramolecular Hbond substituents is 1.